The molecule has 0 aliphatic carbocycles. The lowest BCUT2D eigenvalue weighted by molar-refractivity contribution is -0.171. The standard InChI is InChI=1S/C23H29N3O6/c1-26(30-2)21(27)20(25-23(29)32-17-19-12-7-4-8-13-19)14-9-15-24-22(28)31-16-18-10-5-3-6-11-18/h3-8,10-13,20H,9,14-17H2,1-2H3,(H,24,28)(H,25,29)/t20-/m0/s1. The average molecular weight is 444 g/mol. The van der Waals surface area contributed by atoms with Crippen molar-refractivity contribution in [3.63, 3.8) is 0 Å². The zero-order valence-electron chi connectivity index (χ0n) is 18.3. The minimum atomic E-state index is -0.870. The zero-order valence-corrected chi connectivity index (χ0v) is 18.3. The topological polar surface area (TPSA) is 106 Å². The summed E-state index contributed by atoms with van der Waals surface area (Å²) in [5, 5.41) is 6.22. The molecule has 0 spiro atoms. The van der Waals surface area contributed by atoms with E-state index in [0.29, 0.717) is 6.42 Å². The molecule has 1 atom stereocenters. The molecule has 0 unspecified atom stereocenters. The van der Waals surface area contributed by atoms with Crippen LogP contribution in [0.2, 0.25) is 0 Å². The van der Waals surface area contributed by atoms with Crippen LogP contribution in [0.25, 0.3) is 0 Å². The summed E-state index contributed by atoms with van der Waals surface area (Å²) in [5.74, 6) is -0.434. The molecule has 0 aromatic heterocycles. The summed E-state index contributed by atoms with van der Waals surface area (Å²) in [4.78, 5) is 41.4. The second-order valence-electron chi connectivity index (χ2n) is 6.91. The Morgan fingerprint density at radius 2 is 1.41 bits per heavy atom. The number of ether oxygens (including phenoxy) is 2. The second-order valence-corrected chi connectivity index (χ2v) is 6.91. The maximum absolute atomic E-state index is 12.5. The van der Waals surface area contributed by atoms with Crippen molar-refractivity contribution in [2.75, 3.05) is 20.7 Å². The van der Waals surface area contributed by atoms with Gasteiger partial charge < -0.3 is 20.1 Å². The third-order valence-corrected chi connectivity index (χ3v) is 4.54. The molecule has 0 saturated carbocycles. The van der Waals surface area contributed by atoms with Gasteiger partial charge in [0.2, 0.25) is 0 Å². The molecule has 0 aliphatic rings. The molecule has 9 nitrogen and oxygen atoms in total. The quantitative estimate of drug-likeness (QED) is 0.409. The van der Waals surface area contributed by atoms with Crippen LogP contribution in [-0.2, 0) is 32.3 Å². The Morgan fingerprint density at radius 3 is 1.94 bits per heavy atom. The van der Waals surface area contributed by atoms with Crippen molar-refractivity contribution in [2.45, 2.75) is 32.1 Å². The first kappa shape index (κ1) is 24.7. The lowest BCUT2D eigenvalue weighted by atomic mass is 10.1. The van der Waals surface area contributed by atoms with E-state index in [1.807, 2.05) is 60.7 Å². The number of nitrogens with zero attached hydrogens (tertiary/aromatic N) is 1. The molecule has 9 heteroatoms. The first-order valence-electron chi connectivity index (χ1n) is 10.2. The van der Waals surface area contributed by atoms with Gasteiger partial charge in [-0.2, -0.15) is 0 Å². The Labute approximate surface area is 187 Å². The van der Waals surface area contributed by atoms with Crippen molar-refractivity contribution in [3.05, 3.63) is 71.8 Å². The maximum atomic E-state index is 12.5. The molecule has 2 aromatic rings. The minimum Gasteiger partial charge on any atom is -0.445 e. The van der Waals surface area contributed by atoms with Crippen molar-refractivity contribution in [1.29, 1.82) is 0 Å². The fraction of sp³-hybridized carbons (Fsp3) is 0.348. The molecule has 172 valence electrons. The van der Waals surface area contributed by atoms with Gasteiger partial charge in [0.1, 0.15) is 19.3 Å². The number of likely N-dealkylation sites (N-methyl/N-ethyl adjacent to an activating group) is 1. The van der Waals surface area contributed by atoms with E-state index in [0.717, 1.165) is 16.2 Å². The normalized spacial score (nSPS) is 11.2. The molecule has 3 amide bonds. The molecule has 32 heavy (non-hydrogen) atoms. The number of carbonyl (C=O) groups is 3. The van der Waals surface area contributed by atoms with Gasteiger partial charge in [-0.1, -0.05) is 60.7 Å². The predicted molar refractivity (Wildman–Crippen MR) is 117 cm³/mol. The smallest absolute Gasteiger partial charge is 0.408 e. The first-order valence-corrected chi connectivity index (χ1v) is 10.2. The fourth-order valence-electron chi connectivity index (χ4n) is 2.74. The molecule has 0 radical (unpaired) electrons. The number of hydrogen-bond donors (Lipinski definition) is 2. The van der Waals surface area contributed by atoms with Gasteiger partial charge in [0, 0.05) is 13.6 Å². The second kappa shape index (κ2) is 13.7. The monoisotopic (exact) mass is 443 g/mol. The average Bonchev–Trinajstić information content (AvgIpc) is 2.83. The third-order valence-electron chi connectivity index (χ3n) is 4.54. The summed E-state index contributed by atoms with van der Waals surface area (Å²) < 4.78 is 10.3. The van der Waals surface area contributed by atoms with E-state index in [1.54, 1.807) is 0 Å². The van der Waals surface area contributed by atoms with Crippen LogP contribution in [0.3, 0.4) is 0 Å². The minimum absolute atomic E-state index is 0.0858. The van der Waals surface area contributed by atoms with Crippen molar-refractivity contribution < 1.29 is 28.7 Å². The lowest BCUT2D eigenvalue weighted by Crippen LogP contribution is -2.47. The summed E-state index contributed by atoms with van der Waals surface area (Å²) in [7, 11) is 2.80. The van der Waals surface area contributed by atoms with Gasteiger partial charge in [-0.25, -0.2) is 14.7 Å². The maximum Gasteiger partial charge on any atom is 0.408 e. The summed E-state index contributed by atoms with van der Waals surface area (Å²) in [6, 6.07) is 17.7. The van der Waals surface area contributed by atoms with Crippen molar-refractivity contribution in [3.8, 4) is 0 Å². The Kier molecular flexibility index (Phi) is 10.5. The molecule has 2 rings (SSSR count). The number of benzene rings is 2. The highest BCUT2D eigenvalue weighted by atomic mass is 16.7. The highest BCUT2D eigenvalue weighted by molar-refractivity contribution is 5.84. The molecule has 0 saturated heterocycles. The molecule has 2 N–H and O–H groups in total. The molecule has 0 bridgehead atoms. The van der Waals surface area contributed by atoms with Crippen LogP contribution in [0.5, 0.6) is 0 Å². The Hall–Kier alpha value is -3.59. The molecule has 0 aliphatic heterocycles. The Bertz CT molecular complexity index is 847. The Morgan fingerprint density at radius 1 is 0.875 bits per heavy atom. The van der Waals surface area contributed by atoms with Crippen LogP contribution in [-0.4, -0.2) is 49.9 Å². The van der Waals surface area contributed by atoms with Gasteiger partial charge in [-0.3, -0.25) is 9.63 Å². The van der Waals surface area contributed by atoms with Crippen molar-refractivity contribution in [2.24, 2.45) is 0 Å². The van der Waals surface area contributed by atoms with Crippen LogP contribution >= 0.6 is 0 Å². The van der Waals surface area contributed by atoms with E-state index in [4.69, 9.17) is 14.3 Å². The van der Waals surface area contributed by atoms with Crippen LogP contribution in [0.1, 0.15) is 24.0 Å². The lowest BCUT2D eigenvalue weighted by Gasteiger charge is -2.22. The van der Waals surface area contributed by atoms with E-state index < -0.39 is 24.1 Å². The number of hydroxylamine groups is 2. The van der Waals surface area contributed by atoms with Crippen LogP contribution in [0.15, 0.2) is 60.7 Å². The zero-order chi connectivity index (χ0) is 23.2. The highest BCUT2D eigenvalue weighted by Crippen LogP contribution is 2.05. The number of hydrogen-bond acceptors (Lipinski definition) is 6. The number of carbonyl (C=O) groups excluding carboxylic acids is 3. The largest absolute Gasteiger partial charge is 0.445 e. The van der Waals surface area contributed by atoms with Gasteiger partial charge in [-0.05, 0) is 24.0 Å². The SMILES string of the molecule is CON(C)C(=O)[C@H](CCCNC(=O)OCc1ccccc1)NC(=O)OCc1ccccc1. The first-order chi connectivity index (χ1) is 15.5. The van der Waals surface area contributed by atoms with E-state index in [1.165, 1.54) is 14.2 Å². The number of rotatable bonds is 11. The molecular weight excluding hydrogens is 414 g/mol. The van der Waals surface area contributed by atoms with E-state index in [-0.39, 0.29) is 26.2 Å². The number of alkyl carbamates (subject to hydrolysis) is 2. The third kappa shape index (κ3) is 9.05. The summed E-state index contributed by atoms with van der Waals surface area (Å²) >= 11 is 0. The highest BCUT2D eigenvalue weighted by Gasteiger charge is 2.24. The number of amides is 3. The summed E-state index contributed by atoms with van der Waals surface area (Å²) in [6.45, 7) is 0.526. The van der Waals surface area contributed by atoms with E-state index in [9.17, 15) is 14.4 Å². The van der Waals surface area contributed by atoms with Crippen LogP contribution in [0.4, 0.5) is 9.59 Å². The van der Waals surface area contributed by atoms with E-state index in [2.05, 4.69) is 10.6 Å². The fourth-order valence-corrected chi connectivity index (χ4v) is 2.74. The van der Waals surface area contributed by atoms with Gasteiger partial charge in [0.15, 0.2) is 0 Å². The summed E-state index contributed by atoms with van der Waals surface area (Å²) in [5.41, 5.74) is 1.71. The summed E-state index contributed by atoms with van der Waals surface area (Å²) in [6.07, 6.45) is -0.577. The van der Waals surface area contributed by atoms with Crippen LogP contribution in [0, 0.1) is 0 Å². The van der Waals surface area contributed by atoms with Gasteiger partial charge in [-0.15, -0.1) is 0 Å². The van der Waals surface area contributed by atoms with Crippen LogP contribution < -0.4 is 10.6 Å². The van der Waals surface area contributed by atoms with Gasteiger partial charge in [0.05, 0.1) is 7.11 Å². The van der Waals surface area contributed by atoms with Gasteiger partial charge >= 0.3 is 12.2 Å². The van der Waals surface area contributed by atoms with E-state index >= 15 is 0 Å². The molecular formula is C23H29N3O6. The number of nitrogens with one attached hydrogen (secondary N) is 2. The molecule has 0 heterocycles. The van der Waals surface area contributed by atoms with Crippen molar-refractivity contribution >= 4 is 18.1 Å². The Balaban J connectivity index is 1.76. The predicted octanol–water partition coefficient (Wildman–Crippen LogP) is 3.01. The van der Waals surface area contributed by atoms with Gasteiger partial charge in [0.25, 0.3) is 5.91 Å². The van der Waals surface area contributed by atoms with Crippen molar-refractivity contribution in [1.82, 2.24) is 15.7 Å². The molecule has 0 fully saturated rings. The molecule has 2 aromatic carbocycles.